The van der Waals surface area contributed by atoms with E-state index in [0.29, 0.717) is 0 Å². The summed E-state index contributed by atoms with van der Waals surface area (Å²) in [7, 11) is 0. The Kier molecular flexibility index (Phi) is 3.92. The first kappa shape index (κ1) is 14.1. The number of carbonyl (C=O) groups is 1. The van der Waals surface area contributed by atoms with Crippen molar-refractivity contribution in [3.05, 3.63) is 24.1 Å². The van der Waals surface area contributed by atoms with Crippen molar-refractivity contribution in [1.82, 2.24) is 10.3 Å². The number of fused-ring (bicyclic) bond motifs is 1. The van der Waals surface area contributed by atoms with Crippen LogP contribution in [0.2, 0.25) is 0 Å². The summed E-state index contributed by atoms with van der Waals surface area (Å²) >= 11 is 0. The Hall–Kier alpha value is -1.88. The summed E-state index contributed by atoms with van der Waals surface area (Å²) in [6.07, 6.45) is 3.15. The van der Waals surface area contributed by atoms with E-state index in [4.69, 9.17) is 4.42 Å². The molecule has 2 aromatic rings. The van der Waals surface area contributed by atoms with E-state index in [-0.39, 0.29) is 17.9 Å². The zero-order chi connectivity index (χ0) is 14.8. The molecule has 1 aromatic carbocycles. The van der Waals surface area contributed by atoms with E-state index in [1.165, 1.54) is 0 Å². The number of hydrogen-bond acceptors (Lipinski definition) is 4. The topological polar surface area (TPSA) is 67.2 Å². The molecule has 21 heavy (non-hydrogen) atoms. The molecule has 112 valence electrons. The molecule has 2 N–H and O–H groups in total. The highest BCUT2D eigenvalue weighted by atomic mass is 16.3. The van der Waals surface area contributed by atoms with E-state index in [1.54, 1.807) is 0 Å². The third kappa shape index (κ3) is 3.08. The maximum Gasteiger partial charge on any atom is 0.241 e. The van der Waals surface area contributed by atoms with Crippen molar-refractivity contribution >= 4 is 22.7 Å². The number of carbonyl (C=O) groups excluding carboxylic acids is 1. The van der Waals surface area contributed by atoms with Gasteiger partial charge in [0, 0.05) is 11.6 Å². The summed E-state index contributed by atoms with van der Waals surface area (Å²) in [6.45, 7) is 5.00. The van der Waals surface area contributed by atoms with Crippen LogP contribution in [0.3, 0.4) is 0 Å². The third-order valence-corrected chi connectivity index (χ3v) is 3.79. The lowest BCUT2D eigenvalue weighted by atomic mass is 10.0. The fourth-order valence-corrected chi connectivity index (χ4v) is 2.57. The average Bonchev–Trinajstić information content (AvgIpc) is 2.91. The molecule has 0 aliphatic carbocycles. The van der Waals surface area contributed by atoms with Gasteiger partial charge in [0.2, 0.25) is 5.91 Å². The molecule has 0 radical (unpaired) electrons. The van der Waals surface area contributed by atoms with Crippen molar-refractivity contribution in [2.45, 2.75) is 45.1 Å². The molecule has 2 heterocycles. The number of amides is 1. The van der Waals surface area contributed by atoms with Gasteiger partial charge in [0.05, 0.1) is 6.04 Å². The average molecular weight is 287 g/mol. The molecule has 1 aromatic heterocycles. The Morgan fingerprint density at radius 2 is 2.29 bits per heavy atom. The fourth-order valence-electron chi connectivity index (χ4n) is 2.57. The molecule has 0 spiro atoms. The van der Waals surface area contributed by atoms with Gasteiger partial charge in [-0.05, 0) is 37.6 Å². The molecule has 0 unspecified atom stereocenters. The number of aromatic nitrogens is 1. The number of hydrogen-bond donors (Lipinski definition) is 2. The van der Waals surface area contributed by atoms with Crippen molar-refractivity contribution in [1.29, 1.82) is 0 Å². The van der Waals surface area contributed by atoms with Crippen LogP contribution < -0.4 is 10.6 Å². The molecule has 1 saturated heterocycles. The van der Waals surface area contributed by atoms with E-state index in [0.717, 1.165) is 48.5 Å². The highest BCUT2D eigenvalue weighted by molar-refractivity contribution is 5.96. The Morgan fingerprint density at radius 3 is 3.00 bits per heavy atom. The van der Waals surface area contributed by atoms with Gasteiger partial charge in [-0.25, -0.2) is 4.98 Å². The normalized spacial score (nSPS) is 19.1. The first-order chi connectivity index (χ1) is 10.1. The van der Waals surface area contributed by atoms with Gasteiger partial charge in [-0.2, -0.15) is 0 Å². The lowest BCUT2D eigenvalue weighted by molar-refractivity contribution is -0.118. The molecule has 1 fully saturated rings. The number of benzene rings is 1. The first-order valence-electron chi connectivity index (χ1n) is 7.58. The van der Waals surface area contributed by atoms with Crippen LogP contribution in [0.5, 0.6) is 0 Å². The van der Waals surface area contributed by atoms with Crippen LogP contribution in [0.25, 0.3) is 11.1 Å². The van der Waals surface area contributed by atoms with Crippen molar-refractivity contribution in [2.75, 3.05) is 11.9 Å². The summed E-state index contributed by atoms with van der Waals surface area (Å²) < 4.78 is 5.67. The Bertz CT molecular complexity index is 642. The molecular formula is C16H21N3O2. The predicted molar refractivity (Wildman–Crippen MR) is 82.4 cm³/mol. The Morgan fingerprint density at radius 1 is 1.43 bits per heavy atom. The van der Waals surface area contributed by atoms with Crippen LogP contribution >= 0.6 is 0 Å². The van der Waals surface area contributed by atoms with Crippen LogP contribution in [-0.4, -0.2) is 23.5 Å². The van der Waals surface area contributed by atoms with Gasteiger partial charge >= 0.3 is 0 Å². The monoisotopic (exact) mass is 287 g/mol. The zero-order valence-electron chi connectivity index (χ0n) is 12.5. The van der Waals surface area contributed by atoms with Gasteiger partial charge in [0.1, 0.15) is 5.52 Å². The number of anilines is 1. The summed E-state index contributed by atoms with van der Waals surface area (Å²) in [4.78, 5) is 16.7. The lowest BCUT2D eigenvalue weighted by Gasteiger charge is -2.22. The molecule has 0 bridgehead atoms. The van der Waals surface area contributed by atoms with Gasteiger partial charge in [0.15, 0.2) is 11.5 Å². The summed E-state index contributed by atoms with van der Waals surface area (Å²) in [5, 5.41) is 6.21. The molecule has 5 nitrogen and oxygen atoms in total. The van der Waals surface area contributed by atoms with Crippen molar-refractivity contribution < 1.29 is 9.21 Å². The second-order valence-electron chi connectivity index (χ2n) is 5.88. The molecule has 5 heteroatoms. The maximum absolute atomic E-state index is 12.2. The predicted octanol–water partition coefficient (Wildman–Crippen LogP) is 3.03. The van der Waals surface area contributed by atoms with Crippen molar-refractivity contribution in [3.8, 4) is 0 Å². The minimum atomic E-state index is -0.0852. The number of oxazole rings is 1. The van der Waals surface area contributed by atoms with E-state index < -0.39 is 0 Å². The summed E-state index contributed by atoms with van der Waals surface area (Å²) in [6, 6.07) is 5.50. The molecule has 1 aliphatic rings. The first-order valence-corrected chi connectivity index (χ1v) is 7.58. The Labute approximate surface area is 124 Å². The van der Waals surface area contributed by atoms with Crippen LogP contribution in [-0.2, 0) is 4.79 Å². The standard InChI is InChI=1S/C16H21N3O2/c1-10(2)16-19-13-9-11(6-7-14(13)21-16)18-15(20)12-5-3-4-8-17-12/h6-7,9-10,12,17H,3-5,8H2,1-2H3,(H,18,20)/t12-/m1/s1. The third-order valence-electron chi connectivity index (χ3n) is 3.79. The van der Waals surface area contributed by atoms with Gasteiger partial charge < -0.3 is 15.1 Å². The van der Waals surface area contributed by atoms with Crippen LogP contribution in [0.15, 0.2) is 22.6 Å². The van der Waals surface area contributed by atoms with Gasteiger partial charge in [-0.15, -0.1) is 0 Å². The van der Waals surface area contributed by atoms with E-state index in [2.05, 4.69) is 15.6 Å². The van der Waals surface area contributed by atoms with Crippen molar-refractivity contribution in [2.24, 2.45) is 0 Å². The number of piperidine rings is 1. The van der Waals surface area contributed by atoms with Crippen molar-refractivity contribution in [3.63, 3.8) is 0 Å². The lowest BCUT2D eigenvalue weighted by Crippen LogP contribution is -2.43. The second kappa shape index (κ2) is 5.85. The van der Waals surface area contributed by atoms with Crippen LogP contribution in [0.1, 0.15) is 44.9 Å². The minimum Gasteiger partial charge on any atom is -0.440 e. The highest BCUT2D eigenvalue weighted by Gasteiger charge is 2.20. The zero-order valence-corrected chi connectivity index (χ0v) is 12.5. The Balaban J connectivity index is 1.75. The van der Waals surface area contributed by atoms with Crippen LogP contribution in [0.4, 0.5) is 5.69 Å². The highest BCUT2D eigenvalue weighted by Crippen LogP contribution is 2.24. The number of nitrogens with zero attached hydrogens (tertiary/aromatic N) is 1. The fraction of sp³-hybridized carbons (Fsp3) is 0.500. The van der Waals surface area contributed by atoms with Gasteiger partial charge in [-0.1, -0.05) is 20.3 Å². The minimum absolute atomic E-state index is 0.0293. The summed E-state index contributed by atoms with van der Waals surface area (Å²) in [5.74, 6) is 1.01. The quantitative estimate of drug-likeness (QED) is 0.910. The van der Waals surface area contributed by atoms with Gasteiger partial charge in [-0.3, -0.25) is 4.79 Å². The second-order valence-corrected chi connectivity index (χ2v) is 5.88. The van der Waals surface area contributed by atoms with E-state index in [9.17, 15) is 4.79 Å². The number of nitrogens with one attached hydrogen (secondary N) is 2. The number of rotatable bonds is 3. The molecule has 1 aliphatic heterocycles. The molecule has 1 atom stereocenters. The maximum atomic E-state index is 12.2. The van der Waals surface area contributed by atoms with E-state index in [1.807, 2.05) is 32.0 Å². The molecule has 1 amide bonds. The van der Waals surface area contributed by atoms with E-state index >= 15 is 0 Å². The van der Waals surface area contributed by atoms with Crippen LogP contribution in [0, 0.1) is 0 Å². The van der Waals surface area contributed by atoms with Gasteiger partial charge in [0.25, 0.3) is 0 Å². The molecule has 3 rings (SSSR count). The molecule has 0 saturated carbocycles. The molecular weight excluding hydrogens is 266 g/mol. The summed E-state index contributed by atoms with van der Waals surface area (Å²) in [5.41, 5.74) is 2.31. The largest absolute Gasteiger partial charge is 0.440 e. The smallest absolute Gasteiger partial charge is 0.241 e. The SMILES string of the molecule is CC(C)c1nc2cc(NC(=O)[C@H]3CCCCN3)ccc2o1.